The highest BCUT2D eigenvalue weighted by Gasteiger charge is 2.26. The largest absolute Gasteiger partial charge is 0.474 e. The minimum Gasteiger partial charge on any atom is -0.382 e. The van der Waals surface area contributed by atoms with Crippen molar-refractivity contribution in [2.45, 2.75) is 175 Å². The van der Waals surface area contributed by atoms with E-state index in [4.69, 9.17) is 27.8 Å². The van der Waals surface area contributed by atoms with Gasteiger partial charge in [-0.15, -0.1) is 0 Å². The molecule has 0 amide bonds. The second-order valence-corrected chi connectivity index (χ2v) is 13.7. The molecule has 0 aromatic heterocycles. The van der Waals surface area contributed by atoms with Gasteiger partial charge in [0.05, 0.1) is 19.8 Å². The molecule has 0 heterocycles. The van der Waals surface area contributed by atoms with Gasteiger partial charge in [-0.25, -0.2) is 4.57 Å². The standard InChI is InChI=1S/C36H75O7P/c1-4-38-31-25-19-13-7-10-16-22-28-34-41-44(37,42-35-29-23-17-11-8-14-20-26-32-39-5-2)43-36-30-24-18-12-9-15-21-27-33-40-6-3/h4-36H2,1-3H3. The molecular weight excluding hydrogens is 575 g/mol. The molecule has 0 saturated heterocycles. The Bertz CT molecular complexity index is 503. The van der Waals surface area contributed by atoms with E-state index >= 15 is 0 Å². The number of hydrogen-bond donors (Lipinski definition) is 0. The predicted molar refractivity (Wildman–Crippen MR) is 186 cm³/mol. The Hall–Kier alpha value is -0.0100. The van der Waals surface area contributed by atoms with Gasteiger partial charge in [0, 0.05) is 39.6 Å². The minimum atomic E-state index is -3.49. The quantitative estimate of drug-likeness (QED) is 0.0484. The molecule has 0 saturated carbocycles. The third-order valence-electron chi connectivity index (χ3n) is 7.91. The van der Waals surface area contributed by atoms with Gasteiger partial charge in [0.1, 0.15) is 0 Å². The third-order valence-corrected chi connectivity index (χ3v) is 9.41. The summed E-state index contributed by atoms with van der Waals surface area (Å²) in [6, 6.07) is 0. The highest BCUT2D eigenvalue weighted by Crippen LogP contribution is 2.50. The zero-order valence-electron chi connectivity index (χ0n) is 29.6. The van der Waals surface area contributed by atoms with Crippen molar-refractivity contribution in [3.05, 3.63) is 0 Å². The van der Waals surface area contributed by atoms with Crippen molar-refractivity contribution in [2.24, 2.45) is 0 Å². The number of ether oxygens (including phenoxy) is 3. The van der Waals surface area contributed by atoms with Crippen molar-refractivity contribution in [1.29, 1.82) is 0 Å². The monoisotopic (exact) mass is 651 g/mol. The second kappa shape index (κ2) is 37.4. The Morgan fingerprint density at radius 1 is 0.295 bits per heavy atom. The third kappa shape index (κ3) is 34.9. The van der Waals surface area contributed by atoms with E-state index in [-0.39, 0.29) is 0 Å². The van der Waals surface area contributed by atoms with Gasteiger partial charge in [-0.2, -0.15) is 0 Å². The van der Waals surface area contributed by atoms with Crippen LogP contribution in [0.4, 0.5) is 0 Å². The van der Waals surface area contributed by atoms with Gasteiger partial charge in [0.2, 0.25) is 0 Å². The van der Waals surface area contributed by atoms with E-state index in [0.29, 0.717) is 19.8 Å². The van der Waals surface area contributed by atoms with Crippen LogP contribution in [-0.4, -0.2) is 59.5 Å². The molecule has 0 aliphatic rings. The van der Waals surface area contributed by atoms with E-state index in [1.807, 2.05) is 20.8 Å². The van der Waals surface area contributed by atoms with Crippen molar-refractivity contribution in [2.75, 3.05) is 59.5 Å². The maximum absolute atomic E-state index is 13.4. The summed E-state index contributed by atoms with van der Waals surface area (Å²) >= 11 is 0. The highest BCUT2D eigenvalue weighted by atomic mass is 31.2. The van der Waals surface area contributed by atoms with Gasteiger partial charge in [-0.05, 0) is 59.3 Å². The maximum atomic E-state index is 13.4. The van der Waals surface area contributed by atoms with Gasteiger partial charge < -0.3 is 14.2 Å². The summed E-state index contributed by atoms with van der Waals surface area (Å²) in [5.41, 5.74) is 0. The van der Waals surface area contributed by atoms with Crippen LogP contribution in [0.5, 0.6) is 0 Å². The average molecular weight is 651 g/mol. The van der Waals surface area contributed by atoms with Crippen LogP contribution in [0.2, 0.25) is 0 Å². The number of phosphoric ester groups is 1. The van der Waals surface area contributed by atoms with Crippen LogP contribution < -0.4 is 0 Å². The zero-order chi connectivity index (χ0) is 32.1. The number of hydrogen-bond acceptors (Lipinski definition) is 7. The molecule has 0 spiro atoms. The molecule has 7 nitrogen and oxygen atoms in total. The van der Waals surface area contributed by atoms with Crippen molar-refractivity contribution in [3.8, 4) is 0 Å². The fourth-order valence-corrected chi connectivity index (χ4v) is 6.46. The summed E-state index contributed by atoms with van der Waals surface area (Å²) < 4.78 is 46.9. The molecule has 0 aromatic rings. The van der Waals surface area contributed by atoms with Crippen molar-refractivity contribution in [1.82, 2.24) is 0 Å². The molecule has 8 heteroatoms. The van der Waals surface area contributed by atoms with Crippen LogP contribution >= 0.6 is 7.82 Å². The van der Waals surface area contributed by atoms with Crippen LogP contribution in [0.15, 0.2) is 0 Å². The molecular formula is C36H75O7P. The maximum Gasteiger partial charge on any atom is 0.474 e. The van der Waals surface area contributed by atoms with E-state index in [2.05, 4.69) is 0 Å². The number of phosphoric acid groups is 1. The molecule has 0 rings (SSSR count). The summed E-state index contributed by atoms with van der Waals surface area (Å²) in [5.74, 6) is 0. The molecule has 0 N–H and O–H groups in total. The zero-order valence-corrected chi connectivity index (χ0v) is 30.5. The lowest BCUT2D eigenvalue weighted by Gasteiger charge is -2.18. The molecule has 0 aliphatic heterocycles. The van der Waals surface area contributed by atoms with E-state index in [1.165, 1.54) is 116 Å². The summed E-state index contributed by atoms with van der Waals surface area (Å²) in [6.07, 6.45) is 28.3. The van der Waals surface area contributed by atoms with E-state index < -0.39 is 7.82 Å². The van der Waals surface area contributed by atoms with E-state index in [9.17, 15) is 4.57 Å². The van der Waals surface area contributed by atoms with Crippen LogP contribution in [0.1, 0.15) is 175 Å². The molecule has 0 aliphatic carbocycles. The van der Waals surface area contributed by atoms with Crippen LogP contribution in [0.3, 0.4) is 0 Å². The second-order valence-electron chi connectivity index (χ2n) is 12.0. The topological polar surface area (TPSA) is 72.5 Å². The fraction of sp³-hybridized carbons (Fsp3) is 1.00. The molecule has 0 unspecified atom stereocenters. The van der Waals surface area contributed by atoms with Gasteiger partial charge >= 0.3 is 7.82 Å². The number of unbranched alkanes of at least 4 members (excludes halogenated alkanes) is 21. The van der Waals surface area contributed by atoms with Crippen LogP contribution in [0, 0.1) is 0 Å². The van der Waals surface area contributed by atoms with Crippen LogP contribution in [0.25, 0.3) is 0 Å². The smallest absolute Gasteiger partial charge is 0.382 e. The Morgan fingerprint density at radius 3 is 0.682 bits per heavy atom. The lowest BCUT2D eigenvalue weighted by molar-refractivity contribution is 0.108. The summed E-state index contributed by atoms with van der Waals surface area (Å²) in [4.78, 5) is 0. The fourth-order valence-electron chi connectivity index (χ4n) is 5.17. The summed E-state index contributed by atoms with van der Waals surface area (Å²) in [6.45, 7) is 12.6. The van der Waals surface area contributed by atoms with Crippen molar-refractivity contribution < 1.29 is 32.3 Å². The Balaban J connectivity index is 4.07. The van der Waals surface area contributed by atoms with Crippen LogP contribution in [-0.2, 0) is 32.3 Å². The molecule has 0 aromatic carbocycles. The normalized spacial score (nSPS) is 12.0. The first-order valence-corrected chi connectivity index (χ1v) is 20.4. The van der Waals surface area contributed by atoms with E-state index in [0.717, 1.165) is 78.2 Å². The first kappa shape index (κ1) is 44.0. The van der Waals surface area contributed by atoms with Crippen molar-refractivity contribution >= 4 is 7.82 Å². The van der Waals surface area contributed by atoms with Crippen molar-refractivity contribution in [3.63, 3.8) is 0 Å². The van der Waals surface area contributed by atoms with Gasteiger partial charge in [-0.1, -0.05) is 116 Å². The molecule has 0 radical (unpaired) electrons. The Morgan fingerprint density at radius 2 is 0.477 bits per heavy atom. The van der Waals surface area contributed by atoms with Gasteiger partial charge in [0.15, 0.2) is 0 Å². The summed E-state index contributed by atoms with van der Waals surface area (Å²) in [7, 11) is -3.49. The summed E-state index contributed by atoms with van der Waals surface area (Å²) in [5, 5.41) is 0. The lowest BCUT2D eigenvalue weighted by Crippen LogP contribution is -2.04. The molecule has 266 valence electrons. The predicted octanol–water partition coefficient (Wildman–Crippen LogP) is 11.6. The first-order valence-electron chi connectivity index (χ1n) is 18.9. The average Bonchev–Trinajstić information content (AvgIpc) is 3.02. The minimum absolute atomic E-state index is 0.443. The van der Waals surface area contributed by atoms with Gasteiger partial charge in [-0.3, -0.25) is 13.6 Å². The Kier molecular flexibility index (Phi) is 37.4. The molecule has 0 atom stereocenters. The SMILES string of the molecule is CCOCCCCCCCCCCOP(=O)(OCCCCCCCCCCOCC)OCCCCCCCCCCOCC. The highest BCUT2D eigenvalue weighted by molar-refractivity contribution is 7.48. The van der Waals surface area contributed by atoms with Gasteiger partial charge in [0.25, 0.3) is 0 Å². The molecule has 44 heavy (non-hydrogen) atoms. The molecule has 0 fully saturated rings. The van der Waals surface area contributed by atoms with E-state index in [1.54, 1.807) is 0 Å². The Labute approximate surface area is 274 Å². The lowest BCUT2D eigenvalue weighted by atomic mass is 10.1. The molecule has 0 bridgehead atoms. The first-order chi connectivity index (χ1) is 21.7. The number of rotatable bonds is 39.